The predicted octanol–water partition coefficient (Wildman–Crippen LogP) is 1.72. The molecule has 1 atom stereocenters. The van der Waals surface area contributed by atoms with Gasteiger partial charge in [0.1, 0.15) is 6.04 Å². The lowest BCUT2D eigenvalue weighted by Gasteiger charge is -2.15. The van der Waals surface area contributed by atoms with Gasteiger partial charge in [0.2, 0.25) is 5.91 Å². The molecule has 1 N–H and O–H groups in total. The third kappa shape index (κ3) is 2.91. The van der Waals surface area contributed by atoms with Crippen LogP contribution in [0.1, 0.15) is 44.3 Å². The fraction of sp³-hybridized carbons (Fsp3) is 0.667. The van der Waals surface area contributed by atoms with Gasteiger partial charge in [-0.25, -0.2) is 0 Å². The van der Waals surface area contributed by atoms with Crippen LogP contribution in [0.15, 0.2) is 6.07 Å². The van der Waals surface area contributed by atoms with Crippen molar-refractivity contribution in [3.05, 3.63) is 21.9 Å². The molecule has 1 amide bonds. The fourth-order valence-electron chi connectivity index (χ4n) is 2.46. The number of hydrogen-bond donors (Lipinski definition) is 1. The molecule has 0 aliphatic heterocycles. The van der Waals surface area contributed by atoms with E-state index in [1.54, 1.807) is 13.8 Å². The van der Waals surface area contributed by atoms with Crippen molar-refractivity contribution in [2.45, 2.75) is 51.6 Å². The van der Waals surface area contributed by atoms with Gasteiger partial charge in [-0.2, -0.15) is 4.68 Å². The second-order valence-electron chi connectivity index (χ2n) is 5.01. The molecule has 7 heteroatoms. The zero-order valence-electron chi connectivity index (χ0n) is 11.1. The monoisotopic (exact) mass is 266 g/mol. The Morgan fingerprint density at radius 3 is 2.74 bits per heavy atom. The first-order chi connectivity index (χ1) is 8.99. The van der Waals surface area contributed by atoms with Crippen LogP contribution in [0.25, 0.3) is 0 Å². The summed E-state index contributed by atoms with van der Waals surface area (Å²) >= 11 is 0. The molecule has 0 spiro atoms. The van der Waals surface area contributed by atoms with Crippen LogP contribution < -0.4 is 5.32 Å². The molecule has 0 aromatic carbocycles. The van der Waals surface area contributed by atoms with E-state index >= 15 is 0 Å². The van der Waals surface area contributed by atoms with Gasteiger partial charge in [-0.05, 0) is 31.6 Å². The minimum atomic E-state index is -0.551. The van der Waals surface area contributed by atoms with Gasteiger partial charge in [0.25, 0.3) is 0 Å². The summed E-state index contributed by atoms with van der Waals surface area (Å²) in [6, 6.07) is 1.08. The third-order valence-electron chi connectivity index (χ3n) is 3.54. The molecule has 2 rings (SSSR count). The quantitative estimate of drug-likeness (QED) is 0.663. The Labute approximate surface area is 111 Å². The number of aromatic nitrogens is 2. The summed E-state index contributed by atoms with van der Waals surface area (Å²) in [6.45, 7) is 3.41. The molecule has 1 aromatic rings. The summed E-state index contributed by atoms with van der Waals surface area (Å²) in [6.07, 6.45) is 4.31. The topological polar surface area (TPSA) is 90.1 Å². The molecular formula is C12H18N4O3. The van der Waals surface area contributed by atoms with Crippen LogP contribution in [0, 0.1) is 17.0 Å². The molecule has 1 aliphatic carbocycles. The summed E-state index contributed by atoms with van der Waals surface area (Å²) in [5.74, 6) is -0.356. The molecular weight excluding hydrogens is 248 g/mol. The maximum absolute atomic E-state index is 12.1. The molecule has 0 saturated heterocycles. The van der Waals surface area contributed by atoms with Crippen molar-refractivity contribution < 1.29 is 9.72 Å². The van der Waals surface area contributed by atoms with Gasteiger partial charge >= 0.3 is 5.82 Å². The number of amides is 1. The molecule has 1 saturated carbocycles. The lowest BCUT2D eigenvalue weighted by Crippen LogP contribution is -2.37. The third-order valence-corrected chi connectivity index (χ3v) is 3.54. The van der Waals surface area contributed by atoms with E-state index in [1.807, 2.05) is 0 Å². The Hall–Kier alpha value is -1.92. The molecule has 1 aliphatic rings. The summed E-state index contributed by atoms with van der Waals surface area (Å²) in [4.78, 5) is 22.2. The minimum Gasteiger partial charge on any atom is -0.358 e. The van der Waals surface area contributed by atoms with Crippen LogP contribution in [-0.4, -0.2) is 26.7 Å². The van der Waals surface area contributed by atoms with Crippen molar-refractivity contribution in [3.8, 4) is 0 Å². The Balaban J connectivity index is 2.07. The van der Waals surface area contributed by atoms with Crippen molar-refractivity contribution in [2.24, 2.45) is 0 Å². The van der Waals surface area contributed by atoms with Crippen LogP contribution in [0.4, 0.5) is 5.82 Å². The smallest absolute Gasteiger partial charge is 0.358 e. The number of nitro groups is 1. The standard InChI is InChI=1S/C12H18N4O3/c1-8-7-11(16(18)19)14-15(8)9(2)12(17)13-10-5-3-4-6-10/h7,9-10H,3-6H2,1-2H3,(H,13,17). The molecule has 104 valence electrons. The van der Waals surface area contributed by atoms with E-state index < -0.39 is 11.0 Å². The fourth-order valence-corrected chi connectivity index (χ4v) is 2.46. The van der Waals surface area contributed by atoms with Gasteiger partial charge < -0.3 is 15.4 Å². The van der Waals surface area contributed by atoms with E-state index in [0.29, 0.717) is 5.69 Å². The summed E-state index contributed by atoms with van der Waals surface area (Å²) < 4.78 is 1.41. The highest BCUT2D eigenvalue weighted by Crippen LogP contribution is 2.20. The first kappa shape index (κ1) is 13.5. The summed E-state index contributed by atoms with van der Waals surface area (Å²) in [5, 5.41) is 17.5. The van der Waals surface area contributed by atoms with E-state index in [0.717, 1.165) is 25.7 Å². The lowest BCUT2D eigenvalue weighted by molar-refractivity contribution is -0.389. The predicted molar refractivity (Wildman–Crippen MR) is 68.7 cm³/mol. The van der Waals surface area contributed by atoms with Crippen LogP contribution in [0.5, 0.6) is 0 Å². The van der Waals surface area contributed by atoms with E-state index in [4.69, 9.17) is 0 Å². The highest BCUT2D eigenvalue weighted by Gasteiger charge is 2.26. The number of aryl methyl sites for hydroxylation is 1. The molecule has 0 radical (unpaired) electrons. The van der Waals surface area contributed by atoms with Gasteiger partial charge in [-0.15, -0.1) is 0 Å². The van der Waals surface area contributed by atoms with Crippen LogP contribution in [-0.2, 0) is 4.79 Å². The number of rotatable bonds is 4. The largest absolute Gasteiger partial charge is 0.390 e. The van der Waals surface area contributed by atoms with Gasteiger partial charge in [-0.3, -0.25) is 4.79 Å². The van der Waals surface area contributed by atoms with E-state index in [-0.39, 0.29) is 17.8 Å². The highest BCUT2D eigenvalue weighted by atomic mass is 16.6. The van der Waals surface area contributed by atoms with Crippen molar-refractivity contribution in [3.63, 3.8) is 0 Å². The summed E-state index contributed by atoms with van der Waals surface area (Å²) in [5.41, 5.74) is 0.612. The Bertz CT molecular complexity index is 491. The van der Waals surface area contributed by atoms with Crippen LogP contribution in [0.2, 0.25) is 0 Å². The van der Waals surface area contributed by atoms with Crippen LogP contribution >= 0.6 is 0 Å². The van der Waals surface area contributed by atoms with Gasteiger partial charge in [-0.1, -0.05) is 12.8 Å². The minimum absolute atomic E-state index is 0.131. The van der Waals surface area contributed by atoms with Crippen molar-refractivity contribution >= 4 is 11.7 Å². The first-order valence-electron chi connectivity index (χ1n) is 6.50. The zero-order chi connectivity index (χ0) is 14.0. The van der Waals surface area contributed by atoms with Crippen LogP contribution in [0.3, 0.4) is 0 Å². The Kier molecular flexibility index (Phi) is 3.82. The molecule has 7 nitrogen and oxygen atoms in total. The van der Waals surface area contributed by atoms with Gasteiger partial charge in [0.05, 0.1) is 16.9 Å². The van der Waals surface area contributed by atoms with E-state index in [1.165, 1.54) is 10.7 Å². The van der Waals surface area contributed by atoms with Gasteiger partial charge in [0.15, 0.2) is 0 Å². The first-order valence-corrected chi connectivity index (χ1v) is 6.50. The van der Waals surface area contributed by atoms with Gasteiger partial charge in [0, 0.05) is 6.04 Å². The highest BCUT2D eigenvalue weighted by molar-refractivity contribution is 5.80. The molecule has 1 heterocycles. The van der Waals surface area contributed by atoms with Crippen molar-refractivity contribution in [1.29, 1.82) is 0 Å². The number of carbonyl (C=O) groups is 1. The second kappa shape index (κ2) is 5.38. The van der Waals surface area contributed by atoms with E-state index in [2.05, 4.69) is 10.4 Å². The number of carbonyl (C=O) groups excluding carboxylic acids is 1. The Morgan fingerprint density at radius 2 is 2.21 bits per heavy atom. The maximum Gasteiger partial charge on any atom is 0.390 e. The SMILES string of the molecule is Cc1cc([N+](=O)[O-])nn1C(C)C(=O)NC1CCCC1. The molecule has 1 fully saturated rings. The maximum atomic E-state index is 12.1. The molecule has 1 unspecified atom stereocenters. The summed E-state index contributed by atoms with van der Waals surface area (Å²) in [7, 11) is 0. The number of hydrogen-bond acceptors (Lipinski definition) is 4. The molecule has 1 aromatic heterocycles. The average molecular weight is 266 g/mol. The molecule has 19 heavy (non-hydrogen) atoms. The number of nitrogens with zero attached hydrogens (tertiary/aromatic N) is 3. The van der Waals surface area contributed by atoms with Crippen molar-refractivity contribution in [1.82, 2.24) is 15.1 Å². The second-order valence-corrected chi connectivity index (χ2v) is 5.01. The van der Waals surface area contributed by atoms with Crippen molar-refractivity contribution in [2.75, 3.05) is 0 Å². The number of nitrogens with one attached hydrogen (secondary N) is 1. The zero-order valence-corrected chi connectivity index (χ0v) is 11.1. The lowest BCUT2D eigenvalue weighted by atomic mass is 10.2. The molecule has 0 bridgehead atoms. The van der Waals surface area contributed by atoms with E-state index in [9.17, 15) is 14.9 Å². The normalized spacial score (nSPS) is 17.4. The average Bonchev–Trinajstić information content (AvgIpc) is 2.97. The Morgan fingerprint density at radius 1 is 1.58 bits per heavy atom.